The smallest absolute Gasteiger partial charge is 0.200 e. The Bertz CT molecular complexity index is 5630. The zero-order valence-corrected chi connectivity index (χ0v) is 56.3. The molecular formula is C84H82N3S3+3. The third kappa shape index (κ3) is 11.3. The van der Waals surface area contributed by atoms with Gasteiger partial charge in [-0.25, -0.2) is 0 Å². The van der Waals surface area contributed by atoms with Crippen LogP contribution in [-0.2, 0) is 21.1 Å². The molecule has 6 heteroatoms. The van der Waals surface area contributed by atoms with Crippen LogP contribution in [0.2, 0.25) is 0 Å². The lowest BCUT2D eigenvalue weighted by Gasteiger charge is -2.34. The fourth-order valence-corrected chi connectivity index (χ4v) is 17.2. The Morgan fingerprint density at radius 2 is 0.811 bits per heavy atom. The van der Waals surface area contributed by atoms with Crippen LogP contribution in [0.15, 0.2) is 195 Å². The molecule has 6 aromatic heterocycles. The van der Waals surface area contributed by atoms with E-state index in [2.05, 4.69) is 232 Å². The molecule has 3 nitrogen and oxygen atoms in total. The Hall–Kier alpha value is -8.13. The minimum Gasteiger partial charge on any atom is -0.200 e. The van der Waals surface area contributed by atoms with Crippen LogP contribution in [0.3, 0.4) is 0 Å². The standard InChI is InChI=1S/C31H32NS.C27H26NS.C26H24NS/c1-20-7-5-6-8-25(20)28-18-27-26-16-23-10-9-22(21-11-13-31(2,3)14-12-21)15-24(23)17-29(26)33-30(27)19-32(28)4;1-16(2)19-7-8-20-12-23-24-14-25(22-9-6-17(3)10-18(22)4)28(5)15-27(24)29-26(23)13-21(20)11-19;1-16(2)18-9-10-19-12-22-23-14-24(21-8-6-5-7-17(21)3)27(4)15-26(23)28-25(22)13-20(19)11-18/h5-10,15-19,21H,11-14H2,1-4H3;6-16H,1-5H3;5-16H,1-4H3/q3*+1/i21D;3D3,16D;16D. The summed E-state index contributed by atoms with van der Waals surface area (Å²) in [6, 6.07) is 62.8. The third-order valence-corrected chi connectivity index (χ3v) is 22.5. The Balaban J connectivity index is 0.000000124. The highest BCUT2D eigenvalue weighted by Crippen LogP contribution is 2.45. The van der Waals surface area contributed by atoms with Gasteiger partial charge >= 0.3 is 0 Å². The highest BCUT2D eigenvalue weighted by Gasteiger charge is 2.28. The molecule has 16 rings (SSSR count). The molecule has 90 heavy (non-hydrogen) atoms. The van der Waals surface area contributed by atoms with Gasteiger partial charge in [0.15, 0.2) is 18.6 Å². The molecule has 0 spiro atoms. The number of pyridine rings is 3. The SMILES string of the molecule is [2H]C(C)(C)c1ccc2cc3c(cc2c1)sc1c[n+](C)c(-c2ccccc2C)cc13.[2H]C([2H])([2H])c1ccc(-c2cc3c(c[n+]2C)sc2cc4cc(C([2H])(C)C)ccc4cc23)c(C)c1.[2H]C1(c2ccc3cc4c(cc3c2)sc2c[n+](C)c(-c3ccccc3C)cc24)CCC(C)(C)CC1. The lowest BCUT2D eigenvalue weighted by atomic mass is 9.71. The summed E-state index contributed by atoms with van der Waals surface area (Å²) in [6.45, 7) is 16.6. The van der Waals surface area contributed by atoms with Crippen molar-refractivity contribution in [3.63, 3.8) is 0 Å². The molecule has 1 saturated carbocycles. The van der Waals surface area contributed by atoms with Crippen molar-refractivity contribution in [1.82, 2.24) is 0 Å². The molecule has 0 N–H and O–H groups in total. The Morgan fingerprint density at radius 3 is 1.21 bits per heavy atom. The van der Waals surface area contributed by atoms with E-state index in [1.165, 1.54) is 127 Å². The van der Waals surface area contributed by atoms with Crippen LogP contribution in [0, 0.1) is 33.0 Å². The second-order valence-electron chi connectivity index (χ2n) is 26.6. The van der Waals surface area contributed by atoms with Gasteiger partial charge in [-0.05, 0) is 197 Å². The lowest BCUT2D eigenvalue weighted by molar-refractivity contribution is -0.659. The molecule has 0 unspecified atom stereocenters. The minimum absolute atomic E-state index is 0.371. The summed E-state index contributed by atoms with van der Waals surface area (Å²) in [6.07, 6.45) is 10.9. The van der Waals surface area contributed by atoms with Crippen molar-refractivity contribution in [2.75, 3.05) is 0 Å². The Kier molecular flexibility index (Phi) is 13.8. The van der Waals surface area contributed by atoms with Gasteiger partial charge in [0, 0.05) is 89.5 Å². The molecule has 0 radical (unpaired) electrons. The van der Waals surface area contributed by atoms with Gasteiger partial charge in [0.2, 0.25) is 17.1 Å². The van der Waals surface area contributed by atoms with Gasteiger partial charge in [0.1, 0.15) is 21.1 Å². The zero-order chi connectivity index (χ0) is 67.7. The fraction of sp³-hybridized carbons (Fsp3) is 0.250. The molecule has 448 valence electrons. The van der Waals surface area contributed by atoms with Gasteiger partial charge in [-0.2, -0.15) is 13.7 Å². The van der Waals surface area contributed by atoms with Crippen LogP contribution in [0.1, 0.15) is 132 Å². The molecule has 1 fully saturated rings. The molecule has 0 amide bonds. The van der Waals surface area contributed by atoms with E-state index in [9.17, 15) is 1.37 Å². The number of aromatic nitrogens is 3. The summed E-state index contributed by atoms with van der Waals surface area (Å²) >= 11 is 5.49. The highest BCUT2D eigenvalue weighted by atomic mass is 32.1. The van der Waals surface area contributed by atoms with Crippen molar-refractivity contribution in [2.24, 2.45) is 26.6 Å². The highest BCUT2D eigenvalue weighted by molar-refractivity contribution is 7.26. The van der Waals surface area contributed by atoms with E-state index >= 15 is 0 Å². The summed E-state index contributed by atoms with van der Waals surface area (Å²) in [5.74, 6) is -1.66. The largest absolute Gasteiger partial charge is 0.213 e. The Labute approximate surface area is 551 Å². The van der Waals surface area contributed by atoms with E-state index in [0.29, 0.717) is 11.0 Å². The van der Waals surface area contributed by atoms with Crippen LogP contribution < -0.4 is 13.7 Å². The maximum atomic E-state index is 9.21. The van der Waals surface area contributed by atoms with E-state index in [4.69, 9.17) is 6.85 Å². The number of rotatable bonds is 6. The quantitative estimate of drug-likeness (QED) is 0.147. The van der Waals surface area contributed by atoms with Crippen LogP contribution in [0.4, 0.5) is 0 Å². The van der Waals surface area contributed by atoms with Crippen molar-refractivity contribution in [3.8, 4) is 33.8 Å². The first-order valence-electron chi connectivity index (χ1n) is 34.6. The van der Waals surface area contributed by atoms with Gasteiger partial charge in [-0.1, -0.05) is 150 Å². The first-order valence-corrected chi connectivity index (χ1v) is 34.0. The van der Waals surface area contributed by atoms with E-state index in [0.717, 1.165) is 59.0 Å². The third-order valence-electron chi connectivity index (χ3n) is 19.2. The molecule has 0 bridgehead atoms. The van der Waals surface area contributed by atoms with E-state index < -0.39 is 24.5 Å². The van der Waals surface area contributed by atoms with Crippen molar-refractivity contribution in [1.29, 1.82) is 0 Å². The maximum absolute atomic E-state index is 9.21. The van der Waals surface area contributed by atoms with Gasteiger partial charge < -0.3 is 0 Å². The van der Waals surface area contributed by atoms with Crippen molar-refractivity contribution >= 4 is 127 Å². The zero-order valence-electron chi connectivity index (χ0n) is 59.9. The topological polar surface area (TPSA) is 11.6 Å². The summed E-state index contributed by atoms with van der Waals surface area (Å²) < 4.78 is 63.3. The Morgan fingerprint density at radius 1 is 0.422 bits per heavy atom. The van der Waals surface area contributed by atoms with Crippen LogP contribution in [0.25, 0.3) is 127 Å². The van der Waals surface area contributed by atoms with E-state index in [-0.39, 0.29) is 0 Å². The number of fused-ring (bicyclic) bond motifs is 12. The molecular weight excluding hydrogens is 1150 g/mol. The van der Waals surface area contributed by atoms with E-state index in [1.807, 2.05) is 70.4 Å². The molecule has 0 aliphatic heterocycles. The summed E-state index contributed by atoms with van der Waals surface area (Å²) in [5, 5.41) is 15.0. The van der Waals surface area contributed by atoms with Gasteiger partial charge in [-0.3, -0.25) is 0 Å². The van der Waals surface area contributed by atoms with Gasteiger partial charge in [0.05, 0.1) is 14.1 Å². The van der Waals surface area contributed by atoms with Crippen molar-refractivity contribution < 1.29 is 21.9 Å². The number of hydrogen-bond acceptors (Lipinski definition) is 3. The maximum Gasteiger partial charge on any atom is 0.213 e. The molecule has 9 aromatic carbocycles. The number of hydrogen-bond donors (Lipinski definition) is 0. The summed E-state index contributed by atoms with van der Waals surface area (Å²) in [4.78, 5) is 0. The van der Waals surface area contributed by atoms with Crippen molar-refractivity contribution in [3.05, 3.63) is 233 Å². The number of benzene rings is 9. The van der Waals surface area contributed by atoms with Crippen molar-refractivity contribution in [2.45, 2.75) is 113 Å². The summed E-state index contributed by atoms with van der Waals surface area (Å²) in [7, 11) is 6.31. The lowest BCUT2D eigenvalue weighted by Crippen LogP contribution is -2.30. The molecule has 15 aromatic rings. The monoisotopic (exact) mass is 1230 g/mol. The van der Waals surface area contributed by atoms with Crippen LogP contribution in [-0.4, -0.2) is 0 Å². The second kappa shape index (κ2) is 23.6. The predicted octanol–water partition coefficient (Wildman–Crippen LogP) is 23.3. The molecule has 6 heterocycles. The number of nitrogens with zero attached hydrogens (tertiary/aromatic N) is 3. The van der Waals surface area contributed by atoms with Gasteiger partial charge in [0.25, 0.3) is 0 Å². The number of aryl methyl sites for hydroxylation is 7. The summed E-state index contributed by atoms with van der Waals surface area (Å²) in [5.41, 5.74) is 14.7. The first kappa shape index (κ1) is 52.6. The first-order chi connectivity index (χ1) is 45.4. The number of thiophene rings is 3. The normalized spacial score (nSPS) is 15.4. The van der Waals surface area contributed by atoms with Crippen LogP contribution >= 0.6 is 34.0 Å². The van der Waals surface area contributed by atoms with E-state index in [1.54, 1.807) is 23.5 Å². The van der Waals surface area contributed by atoms with Gasteiger partial charge in [-0.15, -0.1) is 34.0 Å². The second-order valence-corrected chi connectivity index (χ2v) is 29.9. The van der Waals surface area contributed by atoms with Crippen LogP contribution in [0.5, 0.6) is 0 Å². The molecule has 1 aliphatic rings. The average Bonchev–Trinajstić information content (AvgIpc) is 1.60. The predicted molar refractivity (Wildman–Crippen MR) is 392 cm³/mol. The molecule has 1 aliphatic carbocycles. The molecule has 0 saturated heterocycles. The average molecular weight is 1240 g/mol. The fourth-order valence-electron chi connectivity index (χ4n) is 13.7. The molecule has 0 atom stereocenters. The minimum atomic E-state index is -2.10.